The quantitative estimate of drug-likeness (QED) is 0.0503. The van der Waals surface area contributed by atoms with Crippen molar-refractivity contribution < 1.29 is 33.7 Å². The third kappa shape index (κ3) is 12.0. The topological polar surface area (TPSA) is 152 Å². The van der Waals surface area contributed by atoms with Crippen LogP contribution < -0.4 is 16.4 Å². The Bertz CT molecular complexity index is 1980. The lowest BCUT2D eigenvalue weighted by Crippen LogP contribution is -2.45. The Kier molecular flexibility index (Phi) is 14.7. The molecule has 2 heterocycles. The summed E-state index contributed by atoms with van der Waals surface area (Å²) >= 11 is 0. The number of amides is 2. The van der Waals surface area contributed by atoms with Crippen LogP contribution in [0.2, 0.25) is 0 Å². The number of anilines is 2. The molecule has 0 radical (unpaired) electrons. The van der Waals surface area contributed by atoms with Gasteiger partial charge in [0, 0.05) is 37.9 Å². The van der Waals surface area contributed by atoms with Crippen molar-refractivity contribution in [3.05, 3.63) is 119 Å². The van der Waals surface area contributed by atoms with Crippen LogP contribution in [0, 0.1) is 0 Å². The molecule has 0 spiro atoms. The number of aliphatic hydroxyl groups is 1. The molecule has 0 saturated carbocycles. The minimum absolute atomic E-state index is 0.0280. The molecular formula is C47H58N4O7. The van der Waals surface area contributed by atoms with Crippen molar-refractivity contribution in [2.24, 2.45) is 0 Å². The minimum atomic E-state index is -0.635. The van der Waals surface area contributed by atoms with Gasteiger partial charge in [-0.15, -0.1) is 0 Å². The third-order valence-corrected chi connectivity index (χ3v) is 10.6. The lowest BCUT2D eigenvalue weighted by Gasteiger charge is -2.38. The molecule has 2 aliphatic heterocycles. The van der Waals surface area contributed by atoms with E-state index in [2.05, 4.69) is 33.7 Å². The Morgan fingerprint density at radius 1 is 0.845 bits per heavy atom. The number of nitrogen functional groups attached to an aromatic ring is 1. The highest BCUT2D eigenvalue weighted by Gasteiger charge is 2.39. The number of hydrogen-bond acceptors (Lipinski definition) is 9. The molecule has 11 nitrogen and oxygen atoms in total. The summed E-state index contributed by atoms with van der Waals surface area (Å²) in [7, 11) is 0. The van der Waals surface area contributed by atoms with Crippen LogP contribution in [0.5, 0.6) is 0 Å². The molecule has 0 aromatic heterocycles. The fraction of sp³-hybridized carbons (Fsp3) is 0.426. The van der Waals surface area contributed by atoms with Gasteiger partial charge >= 0.3 is 5.97 Å². The lowest BCUT2D eigenvalue weighted by atomic mass is 9.97. The fourth-order valence-corrected chi connectivity index (χ4v) is 7.61. The molecule has 4 aromatic rings. The SMILES string of the molecule is CC(C)(C)OC(=O)[C@@H]1CCCN1C[C@@H]1C[C@H](c2ccc(CO)cc2)O[C@H](c2ccc(-c3ccccc3CNC(=O)CCCCCC(=O)Nc3ccccc3N)cc2)O1. The van der Waals surface area contributed by atoms with Crippen LogP contribution in [0.25, 0.3) is 11.1 Å². The van der Waals surface area contributed by atoms with Crippen LogP contribution >= 0.6 is 0 Å². The number of nitrogens with zero attached hydrogens (tertiary/aromatic N) is 1. The molecule has 0 aliphatic carbocycles. The number of likely N-dealkylation sites (tertiary alicyclic amines) is 1. The number of unbranched alkanes of at least 4 members (excludes halogenated alkanes) is 2. The number of nitrogens with one attached hydrogen (secondary N) is 2. The van der Waals surface area contributed by atoms with Crippen LogP contribution in [0.3, 0.4) is 0 Å². The van der Waals surface area contributed by atoms with E-state index in [1.807, 2.05) is 87.5 Å². The third-order valence-electron chi connectivity index (χ3n) is 10.6. The molecule has 4 atom stereocenters. The van der Waals surface area contributed by atoms with E-state index >= 15 is 0 Å². The molecule has 2 saturated heterocycles. The second-order valence-electron chi connectivity index (χ2n) is 16.3. The van der Waals surface area contributed by atoms with Gasteiger partial charge in [0.15, 0.2) is 6.29 Å². The van der Waals surface area contributed by atoms with Gasteiger partial charge in [-0.25, -0.2) is 0 Å². The smallest absolute Gasteiger partial charge is 0.323 e. The van der Waals surface area contributed by atoms with Gasteiger partial charge in [-0.3, -0.25) is 19.3 Å². The molecule has 6 rings (SSSR count). The first-order valence-electron chi connectivity index (χ1n) is 20.5. The van der Waals surface area contributed by atoms with E-state index in [9.17, 15) is 19.5 Å². The maximum absolute atomic E-state index is 13.1. The van der Waals surface area contributed by atoms with Crippen molar-refractivity contribution in [3.63, 3.8) is 0 Å². The standard InChI is InChI=1S/C47H58N4O7/c1-47(2,3)58-45(55)41-16-11-27-51(41)30-37-28-42(34-21-19-32(31-52)20-22-34)57-46(56-37)35-25-23-33(24-26-35)38-13-8-7-12-36(38)29-49-43(53)17-5-4-6-18-44(54)50-40-15-10-9-14-39(40)48/h7-10,12-15,19-26,37,41-42,46,52H,4-6,11,16-18,27-31,48H2,1-3H3,(H,49,53)(H,50,54)/t37-,41-,42+,46+/m0/s1. The average Bonchev–Trinajstić information content (AvgIpc) is 3.68. The maximum Gasteiger partial charge on any atom is 0.323 e. The molecule has 2 amide bonds. The molecule has 2 aliphatic rings. The average molecular weight is 791 g/mol. The van der Waals surface area contributed by atoms with Gasteiger partial charge in [0.2, 0.25) is 11.8 Å². The minimum Gasteiger partial charge on any atom is -0.459 e. The summed E-state index contributed by atoms with van der Waals surface area (Å²) in [6.07, 6.45) is 4.12. The van der Waals surface area contributed by atoms with Gasteiger partial charge in [0.1, 0.15) is 11.6 Å². The molecule has 2 fully saturated rings. The predicted octanol–water partition coefficient (Wildman–Crippen LogP) is 7.99. The molecular weight excluding hydrogens is 733 g/mol. The molecule has 0 unspecified atom stereocenters. The van der Waals surface area contributed by atoms with Gasteiger partial charge < -0.3 is 35.7 Å². The molecule has 11 heteroatoms. The highest BCUT2D eigenvalue weighted by molar-refractivity contribution is 5.93. The van der Waals surface area contributed by atoms with Crippen LogP contribution in [0.15, 0.2) is 97.1 Å². The van der Waals surface area contributed by atoms with E-state index < -0.39 is 11.9 Å². The van der Waals surface area contributed by atoms with E-state index in [-0.39, 0.29) is 42.6 Å². The van der Waals surface area contributed by atoms with E-state index in [1.165, 1.54) is 0 Å². The number of aliphatic hydroxyl groups excluding tert-OH is 1. The van der Waals surface area contributed by atoms with Crippen molar-refractivity contribution in [1.82, 2.24) is 10.2 Å². The van der Waals surface area contributed by atoms with E-state index in [0.717, 1.165) is 59.2 Å². The normalized spacial score (nSPS) is 19.7. The number of ether oxygens (including phenoxy) is 3. The highest BCUT2D eigenvalue weighted by Crippen LogP contribution is 2.39. The number of carbonyl (C=O) groups excluding carboxylic acids is 3. The monoisotopic (exact) mass is 790 g/mol. The van der Waals surface area contributed by atoms with Crippen molar-refractivity contribution in [3.8, 4) is 11.1 Å². The number of benzene rings is 4. The first kappa shape index (κ1) is 42.5. The molecule has 58 heavy (non-hydrogen) atoms. The molecule has 0 bridgehead atoms. The molecule has 308 valence electrons. The van der Waals surface area contributed by atoms with Crippen molar-refractivity contribution in [1.29, 1.82) is 0 Å². The summed E-state index contributed by atoms with van der Waals surface area (Å²) in [6, 6.07) is 30.9. The van der Waals surface area contributed by atoms with Crippen LogP contribution in [-0.4, -0.2) is 58.6 Å². The van der Waals surface area contributed by atoms with Gasteiger partial charge in [-0.2, -0.15) is 0 Å². The summed E-state index contributed by atoms with van der Waals surface area (Å²) < 4.78 is 19.0. The molecule has 5 N–H and O–H groups in total. The largest absolute Gasteiger partial charge is 0.459 e. The zero-order valence-electron chi connectivity index (χ0n) is 34.0. The zero-order chi connectivity index (χ0) is 41.1. The van der Waals surface area contributed by atoms with E-state index in [1.54, 1.807) is 12.1 Å². The van der Waals surface area contributed by atoms with Crippen LogP contribution in [0.4, 0.5) is 11.4 Å². The Morgan fingerprint density at radius 3 is 2.26 bits per heavy atom. The number of para-hydroxylation sites is 2. The predicted molar refractivity (Wildman–Crippen MR) is 225 cm³/mol. The maximum atomic E-state index is 13.1. The number of rotatable bonds is 16. The Morgan fingerprint density at radius 2 is 1.53 bits per heavy atom. The van der Waals surface area contributed by atoms with Crippen molar-refractivity contribution in [2.75, 3.05) is 24.1 Å². The summed E-state index contributed by atoms with van der Waals surface area (Å²) in [5.74, 6) is -0.305. The lowest BCUT2D eigenvalue weighted by molar-refractivity contribution is -0.253. The number of hydrogen-bond donors (Lipinski definition) is 4. The zero-order valence-corrected chi connectivity index (χ0v) is 34.0. The summed E-state index contributed by atoms with van der Waals surface area (Å²) in [4.78, 5) is 40.4. The van der Waals surface area contributed by atoms with Gasteiger partial charge in [0.25, 0.3) is 0 Å². The van der Waals surface area contributed by atoms with Crippen LogP contribution in [0.1, 0.15) is 107 Å². The Balaban J connectivity index is 1.05. The Labute approximate surface area is 342 Å². The number of esters is 1. The summed E-state index contributed by atoms with van der Waals surface area (Å²) in [5, 5.41) is 15.5. The summed E-state index contributed by atoms with van der Waals surface area (Å²) in [5.41, 5.74) is 12.3. The Hall–Kier alpha value is -5.07. The number of nitrogens with two attached hydrogens (primary N) is 1. The van der Waals surface area contributed by atoms with Gasteiger partial charge in [-0.1, -0.05) is 91.3 Å². The number of carbonyl (C=O) groups is 3. The molecule has 4 aromatic carbocycles. The van der Waals surface area contributed by atoms with Crippen molar-refractivity contribution >= 4 is 29.2 Å². The summed E-state index contributed by atoms with van der Waals surface area (Å²) in [6.45, 7) is 7.42. The van der Waals surface area contributed by atoms with Gasteiger partial charge in [-0.05, 0) is 92.9 Å². The first-order valence-corrected chi connectivity index (χ1v) is 20.5. The highest BCUT2D eigenvalue weighted by atomic mass is 16.7. The second-order valence-corrected chi connectivity index (χ2v) is 16.3. The van der Waals surface area contributed by atoms with Crippen molar-refractivity contribution in [2.45, 2.75) is 115 Å². The van der Waals surface area contributed by atoms with E-state index in [4.69, 9.17) is 19.9 Å². The van der Waals surface area contributed by atoms with Gasteiger partial charge in [0.05, 0.1) is 30.2 Å². The van der Waals surface area contributed by atoms with E-state index in [0.29, 0.717) is 56.6 Å². The fourth-order valence-electron chi connectivity index (χ4n) is 7.61. The first-order chi connectivity index (χ1) is 28.0. The van der Waals surface area contributed by atoms with Crippen LogP contribution in [-0.2, 0) is 41.7 Å². The second kappa shape index (κ2) is 20.1.